The van der Waals surface area contributed by atoms with Crippen molar-refractivity contribution < 1.29 is 27.4 Å². The third-order valence-corrected chi connectivity index (χ3v) is 8.91. The number of rotatable bonds is 10. The lowest BCUT2D eigenvalue weighted by atomic mass is 9.95. The Morgan fingerprint density at radius 2 is 1.95 bits per heavy atom. The monoisotopic (exact) mass is 612 g/mol. The fourth-order valence-electron chi connectivity index (χ4n) is 4.67. The summed E-state index contributed by atoms with van der Waals surface area (Å²) in [5.41, 5.74) is 3.67. The number of thiophene rings is 1. The van der Waals surface area contributed by atoms with Crippen LogP contribution in [-0.2, 0) is 24.1 Å². The summed E-state index contributed by atoms with van der Waals surface area (Å²) >= 11 is 0.157. The van der Waals surface area contributed by atoms with Gasteiger partial charge in [0.25, 0.3) is 11.3 Å². The van der Waals surface area contributed by atoms with Crippen molar-refractivity contribution in [2.75, 3.05) is 4.72 Å². The molecule has 0 spiro atoms. The number of benzene rings is 2. The van der Waals surface area contributed by atoms with Crippen molar-refractivity contribution in [2.24, 2.45) is 5.92 Å². The summed E-state index contributed by atoms with van der Waals surface area (Å²) < 4.78 is 53.8. The second-order valence-electron chi connectivity index (χ2n) is 9.67. The summed E-state index contributed by atoms with van der Waals surface area (Å²) in [6.45, 7) is 0. The van der Waals surface area contributed by atoms with E-state index in [1.165, 1.54) is 34.9 Å². The quantitative estimate of drug-likeness (QED) is 0.150. The van der Waals surface area contributed by atoms with Gasteiger partial charge in [0, 0.05) is 33.4 Å². The highest BCUT2D eigenvalue weighted by molar-refractivity contribution is 7.80. The summed E-state index contributed by atoms with van der Waals surface area (Å²) in [6, 6.07) is 12.8. The van der Waals surface area contributed by atoms with Gasteiger partial charge in [0.05, 0.1) is 17.1 Å². The van der Waals surface area contributed by atoms with Gasteiger partial charge in [-0.05, 0) is 72.5 Å². The molecule has 3 heterocycles. The lowest BCUT2D eigenvalue weighted by molar-refractivity contribution is 0.0691. The van der Waals surface area contributed by atoms with Crippen LogP contribution < -0.4 is 4.72 Å². The van der Waals surface area contributed by atoms with Gasteiger partial charge < -0.3 is 5.11 Å². The first-order chi connectivity index (χ1) is 19.8. The zero-order valence-electron chi connectivity index (χ0n) is 21.2. The number of hydrogen-bond acceptors (Lipinski definition) is 6. The van der Waals surface area contributed by atoms with E-state index in [4.69, 9.17) is 9.65 Å². The Bertz CT molecular complexity index is 1780. The van der Waals surface area contributed by atoms with Crippen LogP contribution in [0.25, 0.3) is 26.8 Å². The molecule has 5 aromatic rings. The Balaban J connectivity index is 1.51. The maximum Gasteiger partial charge on any atom is 0.355 e. The summed E-state index contributed by atoms with van der Waals surface area (Å²) in [5.74, 6) is -1.77. The molecule has 3 aromatic heterocycles. The Labute approximate surface area is 243 Å². The van der Waals surface area contributed by atoms with Crippen LogP contribution in [0.2, 0.25) is 0 Å². The van der Waals surface area contributed by atoms with E-state index >= 15 is 0 Å². The second-order valence-corrected chi connectivity index (χ2v) is 12.2. The molecule has 0 radical (unpaired) electrons. The number of carbonyl (C=O) groups is 1. The molecule has 1 saturated carbocycles. The number of nitrogens with zero attached hydrogens (tertiary/aromatic N) is 3. The van der Waals surface area contributed by atoms with Gasteiger partial charge in [-0.1, -0.05) is 12.1 Å². The van der Waals surface area contributed by atoms with Gasteiger partial charge in [0.2, 0.25) is 5.13 Å². The largest absolute Gasteiger partial charge is 0.476 e. The smallest absolute Gasteiger partial charge is 0.355 e. The molecule has 8 nitrogen and oxygen atoms in total. The molecule has 0 saturated heterocycles. The molecule has 1 atom stereocenters. The van der Waals surface area contributed by atoms with Gasteiger partial charge in [-0.3, -0.25) is 9.27 Å². The molecule has 0 amide bonds. The van der Waals surface area contributed by atoms with Gasteiger partial charge in [-0.25, -0.2) is 27.5 Å². The normalized spacial score (nSPS) is 13.8. The number of aromatic nitrogens is 3. The van der Waals surface area contributed by atoms with Crippen LogP contribution in [0.15, 0.2) is 59.3 Å². The minimum atomic E-state index is -2.42. The summed E-state index contributed by atoms with van der Waals surface area (Å²) in [5, 5.41) is 18.1. The highest BCUT2D eigenvalue weighted by Crippen LogP contribution is 2.39. The number of carboxylic acids is 1. The number of halogens is 2. The molecule has 2 aromatic carbocycles. The van der Waals surface area contributed by atoms with Crippen LogP contribution >= 0.6 is 22.7 Å². The number of carboxylic acid groups (broad SMARTS) is 1. The lowest BCUT2D eigenvalue weighted by Crippen LogP contribution is -2.07. The second kappa shape index (κ2) is 11.2. The molecule has 41 heavy (non-hydrogen) atoms. The predicted molar refractivity (Wildman–Crippen MR) is 155 cm³/mol. The molecule has 1 aliphatic carbocycles. The van der Waals surface area contributed by atoms with E-state index in [9.17, 15) is 22.9 Å². The van der Waals surface area contributed by atoms with Crippen LogP contribution in [0.5, 0.6) is 0 Å². The van der Waals surface area contributed by atoms with Crippen molar-refractivity contribution in [1.29, 1.82) is 0 Å². The van der Waals surface area contributed by atoms with Gasteiger partial charge in [0.15, 0.2) is 5.69 Å². The fraction of sp³-hybridized carbons (Fsp3) is 0.179. The molecule has 0 aliphatic heterocycles. The van der Waals surface area contributed by atoms with E-state index in [-0.39, 0.29) is 23.6 Å². The van der Waals surface area contributed by atoms with Crippen molar-refractivity contribution in [3.8, 4) is 26.8 Å². The average Bonchev–Trinajstić information content (AvgIpc) is 3.30. The SMILES string of the molecule is O=C(O)c1csc(-n2nc(-c3ccc(F)c(-c4cccs4)c3)c(Cc3ccc(NS(=O)O)c(F)c3)c2CC2CC2)n1. The topological polar surface area (TPSA) is 117 Å². The molecule has 6 rings (SSSR count). The predicted octanol–water partition coefficient (Wildman–Crippen LogP) is 6.79. The number of aromatic carboxylic acids is 1. The van der Waals surface area contributed by atoms with Crippen LogP contribution in [0.1, 0.15) is 40.2 Å². The summed E-state index contributed by atoms with van der Waals surface area (Å²) in [6.07, 6.45) is 3.02. The maximum atomic E-state index is 14.9. The van der Waals surface area contributed by atoms with E-state index in [1.54, 1.807) is 22.9 Å². The van der Waals surface area contributed by atoms with E-state index in [0.717, 1.165) is 40.3 Å². The molecule has 210 valence electrons. The van der Waals surface area contributed by atoms with Crippen LogP contribution in [-0.4, -0.2) is 34.6 Å². The first-order valence-electron chi connectivity index (χ1n) is 12.6. The van der Waals surface area contributed by atoms with E-state index in [0.29, 0.717) is 39.9 Å². The Kier molecular flexibility index (Phi) is 7.51. The first kappa shape index (κ1) is 27.4. The van der Waals surface area contributed by atoms with Crippen molar-refractivity contribution in [1.82, 2.24) is 14.8 Å². The Hall–Kier alpha value is -3.78. The Morgan fingerprint density at radius 1 is 1.12 bits per heavy atom. The maximum absolute atomic E-state index is 14.9. The molecule has 1 fully saturated rings. The van der Waals surface area contributed by atoms with Crippen molar-refractivity contribution in [3.05, 3.63) is 93.4 Å². The molecule has 13 heteroatoms. The number of hydrogen-bond donors (Lipinski definition) is 3. The number of anilines is 1. The lowest BCUT2D eigenvalue weighted by Gasteiger charge is -2.11. The standard InChI is InChI=1S/C28H22F2N4O4S3/c29-20-7-6-17(13-18(20)25-2-1-9-39-25)26-19(10-16-5-8-22(21(30)11-16)33-41(37)38)24(12-15-3-4-15)34(32-26)28-31-23(14-40-28)27(35)36/h1-2,5-9,11,13-15,33H,3-4,10,12H2,(H,35,36)(H,37,38). The molecule has 3 N–H and O–H groups in total. The minimum absolute atomic E-state index is 0.0887. The minimum Gasteiger partial charge on any atom is -0.476 e. The number of nitrogens with one attached hydrogen (secondary N) is 1. The fourth-order valence-corrected chi connectivity index (χ4v) is 6.54. The molecular formula is C28H22F2N4O4S3. The first-order valence-corrected chi connectivity index (χ1v) is 15.4. The van der Waals surface area contributed by atoms with E-state index < -0.39 is 23.1 Å². The van der Waals surface area contributed by atoms with Gasteiger partial charge in [-0.15, -0.1) is 22.7 Å². The van der Waals surface area contributed by atoms with Crippen LogP contribution in [0.3, 0.4) is 0 Å². The van der Waals surface area contributed by atoms with E-state index in [1.807, 2.05) is 17.5 Å². The van der Waals surface area contributed by atoms with Gasteiger partial charge in [-0.2, -0.15) is 5.10 Å². The highest BCUT2D eigenvalue weighted by Gasteiger charge is 2.29. The average molecular weight is 613 g/mol. The van der Waals surface area contributed by atoms with Crippen molar-refractivity contribution in [2.45, 2.75) is 25.7 Å². The summed E-state index contributed by atoms with van der Waals surface area (Å²) in [4.78, 5) is 16.6. The van der Waals surface area contributed by atoms with Crippen LogP contribution in [0, 0.1) is 17.6 Å². The highest BCUT2D eigenvalue weighted by atomic mass is 32.2. The van der Waals surface area contributed by atoms with E-state index in [2.05, 4.69) is 9.71 Å². The molecule has 0 bridgehead atoms. The van der Waals surface area contributed by atoms with Gasteiger partial charge >= 0.3 is 5.97 Å². The zero-order valence-corrected chi connectivity index (χ0v) is 23.7. The molecule has 1 aliphatic rings. The number of thiazole rings is 1. The van der Waals surface area contributed by atoms with Crippen LogP contribution in [0.4, 0.5) is 14.5 Å². The van der Waals surface area contributed by atoms with Gasteiger partial charge in [0.1, 0.15) is 11.6 Å². The van der Waals surface area contributed by atoms with Crippen molar-refractivity contribution >= 4 is 45.6 Å². The van der Waals surface area contributed by atoms with Crippen molar-refractivity contribution in [3.63, 3.8) is 0 Å². The third-order valence-electron chi connectivity index (χ3n) is 6.80. The zero-order chi connectivity index (χ0) is 28.7. The summed E-state index contributed by atoms with van der Waals surface area (Å²) in [7, 11) is 0. The molecular weight excluding hydrogens is 591 g/mol. The Morgan fingerprint density at radius 3 is 2.61 bits per heavy atom. The third kappa shape index (κ3) is 5.84. The molecule has 1 unspecified atom stereocenters.